The number of rotatable bonds is 5. The molecule has 0 unspecified atom stereocenters. The standard InChI is InChI=1S/C11H18N4O/c1-12-11-13-6-5-10(14-11)15(7-8-16)9-3-2-4-9/h5-6,9,16H,2-4,7-8H2,1H3,(H,12,13,14). The fourth-order valence-electron chi connectivity index (χ4n) is 1.92. The van der Waals surface area contributed by atoms with Gasteiger partial charge in [0.15, 0.2) is 0 Å². The lowest BCUT2D eigenvalue weighted by atomic mass is 9.91. The van der Waals surface area contributed by atoms with Crippen molar-refractivity contribution >= 4 is 11.8 Å². The van der Waals surface area contributed by atoms with Crippen LogP contribution in [0.25, 0.3) is 0 Å². The lowest BCUT2D eigenvalue weighted by Crippen LogP contribution is -2.42. The summed E-state index contributed by atoms with van der Waals surface area (Å²) < 4.78 is 0. The summed E-state index contributed by atoms with van der Waals surface area (Å²) in [6.45, 7) is 0.806. The average Bonchev–Trinajstić information content (AvgIpc) is 2.26. The Morgan fingerprint density at radius 1 is 1.56 bits per heavy atom. The van der Waals surface area contributed by atoms with E-state index in [0.717, 1.165) is 5.82 Å². The second kappa shape index (κ2) is 5.12. The largest absolute Gasteiger partial charge is 0.395 e. The van der Waals surface area contributed by atoms with Crippen LogP contribution in [0.5, 0.6) is 0 Å². The van der Waals surface area contributed by atoms with E-state index in [1.165, 1.54) is 19.3 Å². The van der Waals surface area contributed by atoms with Crippen LogP contribution in [0.2, 0.25) is 0 Å². The van der Waals surface area contributed by atoms with Crippen LogP contribution in [0.4, 0.5) is 11.8 Å². The Bertz CT molecular complexity index is 341. The summed E-state index contributed by atoms with van der Waals surface area (Å²) in [7, 11) is 1.80. The zero-order valence-electron chi connectivity index (χ0n) is 9.56. The van der Waals surface area contributed by atoms with Crippen molar-refractivity contribution in [1.29, 1.82) is 0 Å². The predicted molar refractivity (Wildman–Crippen MR) is 63.6 cm³/mol. The molecule has 1 aromatic heterocycles. The van der Waals surface area contributed by atoms with E-state index >= 15 is 0 Å². The van der Waals surface area contributed by atoms with Gasteiger partial charge in [-0.05, 0) is 25.3 Å². The van der Waals surface area contributed by atoms with Gasteiger partial charge >= 0.3 is 0 Å². The highest BCUT2D eigenvalue weighted by atomic mass is 16.3. The van der Waals surface area contributed by atoms with Crippen LogP contribution in [0.1, 0.15) is 19.3 Å². The number of aliphatic hydroxyl groups is 1. The van der Waals surface area contributed by atoms with E-state index in [1.807, 2.05) is 6.07 Å². The minimum Gasteiger partial charge on any atom is -0.395 e. The Labute approximate surface area is 95.5 Å². The normalized spacial score (nSPS) is 15.6. The van der Waals surface area contributed by atoms with E-state index in [9.17, 15) is 0 Å². The number of hydrogen-bond acceptors (Lipinski definition) is 5. The fraction of sp³-hybridized carbons (Fsp3) is 0.636. The minimum absolute atomic E-state index is 0.162. The maximum atomic E-state index is 9.09. The van der Waals surface area contributed by atoms with Gasteiger partial charge in [0.25, 0.3) is 0 Å². The van der Waals surface area contributed by atoms with Crippen LogP contribution in [-0.4, -0.2) is 41.3 Å². The lowest BCUT2D eigenvalue weighted by Gasteiger charge is -2.38. The number of nitrogens with one attached hydrogen (secondary N) is 1. The molecule has 5 heteroatoms. The average molecular weight is 222 g/mol. The van der Waals surface area contributed by atoms with Gasteiger partial charge in [-0.1, -0.05) is 0 Å². The summed E-state index contributed by atoms with van der Waals surface area (Å²) in [5.41, 5.74) is 0. The van der Waals surface area contributed by atoms with Crippen molar-refractivity contribution in [2.24, 2.45) is 0 Å². The second-order valence-electron chi connectivity index (χ2n) is 3.99. The van der Waals surface area contributed by atoms with Crippen molar-refractivity contribution in [2.45, 2.75) is 25.3 Å². The molecule has 0 bridgehead atoms. The van der Waals surface area contributed by atoms with Gasteiger partial charge in [-0.15, -0.1) is 0 Å². The molecule has 0 atom stereocenters. The third kappa shape index (κ3) is 2.24. The van der Waals surface area contributed by atoms with Crippen LogP contribution in [0, 0.1) is 0 Å². The molecule has 88 valence electrons. The first-order valence-corrected chi connectivity index (χ1v) is 5.73. The third-order valence-corrected chi connectivity index (χ3v) is 3.02. The van der Waals surface area contributed by atoms with Gasteiger partial charge in [0.1, 0.15) is 5.82 Å². The quantitative estimate of drug-likeness (QED) is 0.774. The maximum absolute atomic E-state index is 9.09. The molecule has 1 heterocycles. The van der Waals surface area contributed by atoms with Gasteiger partial charge in [0.2, 0.25) is 5.95 Å². The molecule has 1 aromatic rings. The Morgan fingerprint density at radius 3 is 2.94 bits per heavy atom. The Balaban J connectivity index is 2.16. The van der Waals surface area contributed by atoms with E-state index in [1.54, 1.807) is 13.2 Å². The van der Waals surface area contributed by atoms with Gasteiger partial charge in [-0.3, -0.25) is 0 Å². The maximum Gasteiger partial charge on any atom is 0.224 e. The first-order chi connectivity index (χ1) is 7.85. The fourth-order valence-corrected chi connectivity index (χ4v) is 1.92. The smallest absolute Gasteiger partial charge is 0.224 e. The third-order valence-electron chi connectivity index (χ3n) is 3.02. The van der Waals surface area contributed by atoms with Crippen molar-refractivity contribution < 1.29 is 5.11 Å². The highest BCUT2D eigenvalue weighted by molar-refractivity contribution is 5.43. The Morgan fingerprint density at radius 2 is 2.38 bits per heavy atom. The summed E-state index contributed by atoms with van der Waals surface area (Å²) in [6, 6.07) is 2.43. The van der Waals surface area contributed by atoms with Crippen molar-refractivity contribution in [2.75, 3.05) is 30.4 Å². The summed E-state index contributed by atoms with van der Waals surface area (Å²) in [5.74, 6) is 1.53. The molecular formula is C11H18N4O. The van der Waals surface area contributed by atoms with Crippen LogP contribution in [0.3, 0.4) is 0 Å². The number of hydrogen-bond donors (Lipinski definition) is 2. The highest BCUT2D eigenvalue weighted by Gasteiger charge is 2.25. The van der Waals surface area contributed by atoms with Crippen LogP contribution in [0.15, 0.2) is 12.3 Å². The van der Waals surface area contributed by atoms with Crippen molar-refractivity contribution in [1.82, 2.24) is 9.97 Å². The molecule has 1 aliphatic rings. The molecule has 5 nitrogen and oxygen atoms in total. The first kappa shape index (κ1) is 11.1. The van der Waals surface area contributed by atoms with Crippen LogP contribution in [-0.2, 0) is 0 Å². The van der Waals surface area contributed by atoms with Gasteiger partial charge in [-0.2, -0.15) is 4.98 Å². The van der Waals surface area contributed by atoms with Crippen molar-refractivity contribution in [3.05, 3.63) is 12.3 Å². The zero-order chi connectivity index (χ0) is 11.4. The van der Waals surface area contributed by atoms with Gasteiger partial charge in [0.05, 0.1) is 6.61 Å². The van der Waals surface area contributed by atoms with Crippen LogP contribution < -0.4 is 10.2 Å². The molecule has 1 saturated carbocycles. The van der Waals surface area contributed by atoms with E-state index in [-0.39, 0.29) is 6.61 Å². The molecule has 0 spiro atoms. The lowest BCUT2D eigenvalue weighted by molar-refractivity contribution is 0.283. The predicted octanol–water partition coefficient (Wildman–Crippen LogP) is 0.869. The number of nitrogens with zero attached hydrogens (tertiary/aromatic N) is 3. The van der Waals surface area contributed by atoms with Crippen molar-refractivity contribution in [3.63, 3.8) is 0 Å². The number of anilines is 2. The molecule has 0 radical (unpaired) electrons. The van der Waals surface area contributed by atoms with Gasteiger partial charge in [0, 0.05) is 25.8 Å². The number of aromatic nitrogens is 2. The molecule has 16 heavy (non-hydrogen) atoms. The summed E-state index contributed by atoms with van der Waals surface area (Å²) in [4.78, 5) is 10.7. The molecule has 0 aromatic carbocycles. The van der Waals surface area contributed by atoms with E-state index in [0.29, 0.717) is 18.5 Å². The highest BCUT2D eigenvalue weighted by Crippen LogP contribution is 2.28. The minimum atomic E-state index is 0.162. The summed E-state index contributed by atoms with van der Waals surface area (Å²) >= 11 is 0. The molecule has 1 aliphatic carbocycles. The molecule has 1 fully saturated rings. The first-order valence-electron chi connectivity index (χ1n) is 5.73. The van der Waals surface area contributed by atoms with E-state index < -0.39 is 0 Å². The number of aliphatic hydroxyl groups excluding tert-OH is 1. The Kier molecular flexibility index (Phi) is 3.56. The van der Waals surface area contributed by atoms with Gasteiger partial charge in [-0.25, -0.2) is 4.98 Å². The molecule has 0 saturated heterocycles. The van der Waals surface area contributed by atoms with Crippen molar-refractivity contribution in [3.8, 4) is 0 Å². The topological polar surface area (TPSA) is 61.3 Å². The van der Waals surface area contributed by atoms with Crippen LogP contribution >= 0.6 is 0 Å². The summed E-state index contributed by atoms with van der Waals surface area (Å²) in [6.07, 6.45) is 5.41. The summed E-state index contributed by atoms with van der Waals surface area (Å²) in [5, 5.41) is 12.0. The zero-order valence-corrected chi connectivity index (χ0v) is 9.56. The van der Waals surface area contributed by atoms with E-state index in [4.69, 9.17) is 5.11 Å². The molecule has 2 N–H and O–H groups in total. The Hall–Kier alpha value is -1.36. The molecule has 2 rings (SSSR count). The SMILES string of the molecule is CNc1nccc(N(CCO)C2CCC2)n1. The second-order valence-corrected chi connectivity index (χ2v) is 3.99. The van der Waals surface area contributed by atoms with E-state index in [2.05, 4.69) is 20.2 Å². The van der Waals surface area contributed by atoms with Gasteiger partial charge < -0.3 is 15.3 Å². The molecular weight excluding hydrogens is 204 g/mol. The molecule has 0 aliphatic heterocycles. The monoisotopic (exact) mass is 222 g/mol. The molecule has 0 amide bonds.